The van der Waals surface area contributed by atoms with E-state index >= 15 is 0 Å². The van der Waals surface area contributed by atoms with Gasteiger partial charge in [0.05, 0.1) is 21.8 Å². The van der Waals surface area contributed by atoms with E-state index in [1.807, 2.05) is 0 Å². The van der Waals surface area contributed by atoms with Gasteiger partial charge in [-0.25, -0.2) is 9.18 Å². The molecule has 0 spiro atoms. The van der Waals surface area contributed by atoms with Gasteiger partial charge in [-0.05, 0) is 36.4 Å². The molecule has 0 aromatic heterocycles. The molecule has 2 aromatic rings. The number of phenols is 1. The summed E-state index contributed by atoms with van der Waals surface area (Å²) in [5, 5.41) is 20.4. The highest BCUT2D eigenvalue weighted by atomic mass is 35.5. The number of carbonyl (C=O) groups is 2. The molecule has 0 aliphatic heterocycles. The zero-order valence-corrected chi connectivity index (χ0v) is 11.2. The SMILES string of the molecule is O=C(O)c1ccc(NC(=O)c2cc(O)ccc2Cl)c(F)c1. The van der Waals surface area contributed by atoms with Crippen LogP contribution in [0.15, 0.2) is 36.4 Å². The number of hydrogen-bond acceptors (Lipinski definition) is 3. The van der Waals surface area contributed by atoms with Crippen molar-refractivity contribution in [1.29, 1.82) is 0 Å². The number of rotatable bonds is 3. The Balaban J connectivity index is 2.27. The number of phenolic OH excluding ortho intramolecular Hbond substituents is 1. The van der Waals surface area contributed by atoms with Gasteiger partial charge in [0, 0.05) is 0 Å². The lowest BCUT2D eigenvalue weighted by molar-refractivity contribution is 0.0696. The Labute approximate surface area is 123 Å². The predicted molar refractivity (Wildman–Crippen MR) is 74.4 cm³/mol. The van der Waals surface area contributed by atoms with Crippen molar-refractivity contribution < 1.29 is 24.2 Å². The molecule has 1 amide bonds. The fourth-order valence-electron chi connectivity index (χ4n) is 1.63. The molecular formula is C14H9ClFNO4. The van der Waals surface area contributed by atoms with Crippen LogP contribution in [0.2, 0.25) is 5.02 Å². The lowest BCUT2D eigenvalue weighted by atomic mass is 10.1. The van der Waals surface area contributed by atoms with Crippen LogP contribution in [0, 0.1) is 5.82 Å². The van der Waals surface area contributed by atoms with Crippen molar-refractivity contribution >= 4 is 29.2 Å². The Morgan fingerprint density at radius 2 is 1.86 bits per heavy atom. The van der Waals surface area contributed by atoms with Crippen LogP contribution in [-0.4, -0.2) is 22.1 Å². The molecule has 0 atom stereocenters. The van der Waals surface area contributed by atoms with Crippen LogP contribution in [0.1, 0.15) is 20.7 Å². The van der Waals surface area contributed by atoms with E-state index in [1.54, 1.807) is 0 Å². The van der Waals surface area contributed by atoms with E-state index in [-0.39, 0.29) is 27.6 Å². The topological polar surface area (TPSA) is 86.6 Å². The number of aromatic hydroxyl groups is 1. The second kappa shape index (κ2) is 5.80. The molecule has 3 N–H and O–H groups in total. The second-order valence-electron chi connectivity index (χ2n) is 4.12. The predicted octanol–water partition coefficient (Wildman–Crippen LogP) is 3.14. The minimum Gasteiger partial charge on any atom is -0.508 e. The Bertz CT molecular complexity index is 733. The van der Waals surface area contributed by atoms with E-state index in [0.29, 0.717) is 0 Å². The van der Waals surface area contributed by atoms with Crippen LogP contribution < -0.4 is 5.32 Å². The first-order valence-corrected chi connectivity index (χ1v) is 6.09. The Kier molecular flexibility index (Phi) is 4.09. The summed E-state index contributed by atoms with van der Waals surface area (Å²) in [5.74, 6) is -3.05. The van der Waals surface area contributed by atoms with Crippen LogP contribution in [0.3, 0.4) is 0 Å². The quantitative estimate of drug-likeness (QED) is 0.813. The maximum absolute atomic E-state index is 13.7. The summed E-state index contributed by atoms with van der Waals surface area (Å²) >= 11 is 5.82. The molecular weight excluding hydrogens is 301 g/mol. The number of amides is 1. The molecule has 0 aliphatic carbocycles. The summed E-state index contributed by atoms with van der Waals surface area (Å²) in [6, 6.07) is 6.86. The zero-order chi connectivity index (χ0) is 15.6. The highest BCUT2D eigenvalue weighted by Gasteiger charge is 2.15. The molecule has 0 heterocycles. The molecule has 2 aromatic carbocycles. The van der Waals surface area contributed by atoms with Gasteiger partial charge in [0.15, 0.2) is 0 Å². The monoisotopic (exact) mass is 309 g/mol. The van der Waals surface area contributed by atoms with Crippen molar-refractivity contribution in [3.8, 4) is 5.75 Å². The molecule has 0 unspecified atom stereocenters. The van der Waals surface area contributed by atoms with E-state index in [4.69, 9.17) is 16.7 Å². The van der Waals surface area contributed by atoms with Crippen LogP contribution >= 0.6 is 11.6 Å². The first kappa shape index (κ1) is 14.8. The summed E-state index contributed by atoms with van der Waals surface area (Å²) in [6.07, 6.45) is 0. The van der Waals surface area contributed by atoms with Crippen molar-refractivity contribution in [3.63, 3.8) is 0 Å². The van der Waals surface area contributed by atoms with Crippen molar-refractivity contribution in [2.24, 2.45) is 0 Å². The van der Waals surface area contributed by atoms with Gasteiger partial charge in [-0.15, -0.1) is 0 Å². The molecule has 108 valence electrons. The lowest BCUT2D eigenvalue weighted by Gasteiger charge is -2.08. The Morgan fingerprint density at radius 3 is 2.48 bits per heavy atom. The smallest absolute Gasteiger partial charge is 0.335 e. The van der Waals surface area contributed by atoms with Crippen molar-refractivity contribution in [2.75, 3.05) is 5.32 Å². The summed E-state index contributed by atoms with van der Waals surface area (Å²) in [4.78, 5) is 22.7. The Hall–Kier alpha value is -2.60. The van der Waals surface area contributed by atoms with Crippen LogP contribution in [0.4, 0.5) is 10.1 Å². The molecule has 5 nitrogen and oxygen atoms in total. The number of carboxylic acid groups (broad SMARTS) is 1. The highest BCUT2D eigenvalue weighted by Crippen LogP contribution is 2.23. The number of nitrogens with one attached hydrogen (secondary N) is 1. The Morgan fingerprint density at radius 1 is 1.14 bits per heavy atom. The third-order valence-electron chi connectivity index (χ3n) is 2.66. The summed E-state index contributed by atoms with van der Waals surface area (Å²) in [7, 11) is 0. The molecule has 0 radical (unpaired) electrons. The lowest BCUT2D eigenvalue weighted by Crippen LogP contribution is -2.14. The molecule has 0 bridgehead atoms. The molecule has 0 saturated carbocycles. The normalized spacial score (nSPS) is 10.2. The van der Waals surface area contributed by atoms with Gasteiger partial charge in [0.25, 0.3) is 5.91 Å². The molecule has 21 heavy (non-hydrogen) atoms. The molecule has 2 rings (SSSR count). The van der Waals surface area contributed by atoms with Gasteiger partial charge in [-0.2, -0.15) is 0 Å². The number of aromatic carboxylic acids is 1. The summed E-state index contributed by atoms with van der Waals surface area (Å²) < 4.78 is 13.7. The number of halogens is 2. The van der Waals surface area contributed by atoms with Gasteiger partial charge in [0.1, 0.15) is 11.6 Å². The summed E-state index contributed by atoms with van der Waals surface area (Å²) in [6.45, 7) is 0. The van der Waals surface area contributed by atoms with E-state index in [1.165, 1.54) is 12.1 Å². The molecule has 0 saturated heterocycles. The number of benzene rings is 2. The first-order chi connectivity index (χ1) is 9.88. The molecule has 0 fully saturated rings. The van der Waals surface area contributed by atoms with E-state index in [9.17, 15) is 19.1 Å². The number of carbonyl (C=O) groups excluding carboxylic acids is 1. The van der Waals surface area contributed by atoms with Gasteiger partial charge < -0.3 is 15.5 Å². The second-order valence-corrected chi connectivity index (χ2v) is 4.53. The van der Waals surface area contributed by atoms with E-state index in [2.05, 4.69) is 5.32 Å². The first-order valence-electron chi connectivity index (χ1n) is 5.71. The third-order valence-corrected chi connectivity index (χ3v) is 2.99. The van der Waals surface area contributed by atoms with Gasteiger partial charge in [0.2, 0.25) is 0 Å². The standard InChI is InChI=1S/C14H9ClFNO4/c15-10-3-2-8(18)6-9(10)13(19)17-12-4-1-7(14(20)21)5-11(12)16/h1-6,18H,(H,17,19)(H,20,21). The van der Waals surface area contributed by atoms with Crippen LogP contribution in [-0.2, 0) is 0 Å². The van der Waals surface area contributed by atoms with Crippen molar-refractivity contribution in [1.82, 2.24) is 0 Å². The average molecular weight is 310 g/mol. The number of hydrogen-bond donors (Lipinski definition) is 3. The maximum atomic E-state index is 13.7. The molecule has 0 aliphatic rings. The van der Waals surface area contributed by atoms with Gasteiger partial charge in [-0.3, -0.25) is 4.79 Å². The maximum Gasteiger partial charge on any atom is 0.335 e. The van der Waals surface area contributed by atoms with E-state index in [0.717, 1.165) is 24.3 Å². The average Bonchev–Trinajstić information content (AvgIpc) is 2.43. The third kappa shape index (κ3) is 3.29. The highest BCUT2D eigenvalue weighted by molar-refractivity contribution is 6.34. The number of carboxylic acids is 1. The zero-order valence-electron chi connectivity index (χ0n) is 10.4. The fraction of sp³-hybridized carbons (Fsp3) is 0. The largest absolute Gasteiger partial charge is 0.508 e. The minimum atomic E-state index is -1.28. The van der Waals surface area contributed by atoms with Crippen molar-refractivity contribution in [3.05, 3.63) is 58.4 Å². The van der Waals surface area contributed by atoms with Crippen molar-refractivity contribution in [2.45, 2.75) is 0 Å². The van der Waals surface area contributed by atoms with Gasteiger partial charge >= 0.3 is 5.97 Å². The fourth-order valence-corrected chi connectivity index (χ4v) is 1.83. The van der Waals surface area contributed by atoms with Crippen LogP contribution in [0.25, 0.3) is 0 Å². The van der Waals surface area contributed by atoms with Gasteiger partial charge in [-0.1, -0.05) is 11.6 Å². The van der Waals surface area contributed by atoms with E-state index < -0.39 is 17.7 Å². The van der Waals surface area contributed by atoms with Crippen LogP contribution in [0.5, 0.6) is 5.75 Å². The minimum absolute atomic E-state index is 0.0293. The number of anilines is 1. The molecule has 7 heteroatoms. The summed E-state index contributed by atoms with van der Waals surface area (Å²) in [5.41, 5.74) is -0.455.